The van der Waals surface area contributed by atoms with Gasteiger partial charge in [-0.05, 0) is 47.7 Å². The fraction of sp³-hybridized carbons (Fsp3) is 0.0909. The van der Waals surface area contributed by atoms with Gasteiger partial charge in [0.15, 0.2) is 11.6 Å². The standard InChI is InChI=1S/C11H8FIN2O2/c1-5-9(13)11(17)15-10(14-5)6-2-3-8(16)7(12)4-6/h2-4,16H,1H3,(H,14,15,17). The van der Waals surface area contributed by atoms with Crippen molar-refractivity contribution in [1.82, 2.24) is 9.97 Å². The molecule has 2 rings (SSSR count). The lowest BCUT2D eigenvalue weighted by Gasteiger charge is -2.04. The van der Waals surface area contributed by atoms with Gasteiger partial charge in [-0.1, -0.05) is 0 Å². The second-order valence-electron chi connectivity index (χ2n) is 3.48. The minimum atomic E-state index is -0.749. The fourth-order valence-electron chi connectivity index (χ4n) is 1.36. The molecule has 0 fully saturated rings. The van der Waals surface area contributed by atoms with Crippen LogP contribution in [-0.2, 0) is 0 Å². The van der Waals surface area contributed by atoms with Gasteiger partial charge in [-0.15, -0.1) is 0 Å². The molecule has 2 N–H and O–H groups in total. The van der Waals surface area contributed by atoms with Crippen LogP contribution in [-0.4, -0.2) is 15.1 Å². The zero-order chi connectivity index (χ0) is 12.6. The van der Waals surface area contributed by atoms with Crippen LogP contribution in [0.15, 0.2) is 23.0 Å². The molecule has 0 spiro atoms. The number of aromatic nitrogens is 2. The molecule has 6 heteroatoms. The summed E-state index contributed by atoms with van der Waals surface area (Å²) in [5, 5.41) is 9.08. The van der Waals surface area contributed by atoms with Crippen LogP contribution in [0.2, 0.25) is 0 Å². The quantitative estimate of drug-likeness (QED) is 0.778. The van der Waals surface area contributed by atoms with E-state index in [1.165, 1.54) is 12.1 Å². The molecule has 1 aromatic heterocycles. The van der Waals surface area contributed by atoms with E-state index in [1.54, 1.807) is 6.92 Å². The second-order valence-corrected chi connectivity index (χ2v) is 4.56. The van der Waals surface area contributed by atoms with E-state index >= 15 is 0 Å². The van der Waals surface area contributed by atoms with Gasteiger partial charge in [0, 0.05) is 5.56 Å². The van der Waals surface area contributed by atoms with Crippen molar-refractivity contribution < 1.29 is 9.50 Å². The molecule has 0 amide bonds. The smallest absolute Gasteiger partial charge is 0.264 e. The van der Waals surface area contributed by atoms with E-state index in [1.807, 2.05) is 22.6 Å². The summed E-state index contributed by atoms with van der Waals surface area (Å²) in [7, 11) is 0. The highest BCUT2D eigenvalue weighted by Crippen LogP contribution is 2.22. The first-order chi connectivity index (χ1) is 7.99. The predicted octanol–water partition coefficient (Wildman–Crippen LogP) is 2.19. The number of hydrogen-bond donors (Lipinski definition) is 2. The minimum absolute atomic E-state index is 0.262. The van der Waals surface area contributed by atoms with Crippen molar-refractivity contribution >= 4 is 22.6 Å². The average molecular weight is 346 g/mol. The number of halogens is 2. The molecule has 0 aliphatic rings. The van der Waals surface area contributed by atoms with Crippen LogP contribution in [0.1, 0.15) is 5.69 Å². The highest BCUT2D eigenvalue weighted by molar-refractivity contribution is 14.1. The highest BCUT2D eigenvalue weighted by Gasteiger charge is 2.09. The van der Waals surface area contributed by atoms with Crippen LogP contribution in [0.5, 0.6) is 5.75 Å². The Bertz CT molecular complexity index is 640. The third-order valence-electron chi connectivity index (χ3n) is 2.25. The molecule has 2 aromatic rings. The van der Waals surface area contributed by atoms with Gasteiger partial charge in [-0.3, -0.25) is 4.79 Å². The van der Waals surface area contributed by atoms with Crippen LogP contribution in [0.4, 0.5) is 4.39 Å². The molecule has 0 bridgehead atoms. The number of aryl methyl sites for hydroxylation is 1. The van der Waals surface area contributed by atoms with E-state index in [0.717, 1.165) is 6.07 Å². The van der Waals surface area contributed by atoms with Gasteiger partial charge >= 0.3 is 0 Å². The summed E-state index contributed by atoms with van der Waals surface area (Å²) in [6.45, 7) is 1.71. The summed E-state index contributed by atoms with van der Waals surface area (Å²) in [5.41, 5.74) is 0.733. The topological polar surface area (TPSA) is 66.0 Å². The molecule has 88 valence electrons. The minimum Gasteiger partial charge on any atom is -0.505 e. The Morgan fingerprint density at radius 2 is 2.18 bits per heavy atom. The number of H-pyrrole nitrogens is 1. The number of phenols is 1. The molecule has 1 heterocycles. The van der Waals surface area contributed by atoms with Crippen molar-refractivity contribution in [2.75, 3.05) is 0 Å². The van der Waals surface area contributed by atoms with Crippen LogP contribution < -0.4 is 5.56 Å². The lowest BCUT2D eigenvalue weighted by Crippen LogP contribution is -2.14. The Hall–Kier alpha value is -1.44. The summed E-state index contributed by atoms with van der Waals surface area (Å²) < 4.78 is 13.7. The number of hydrogen-bond acceptors (Lipinski definition) is 3. The highest BCUT2D eigenvalue weighted by atomic mass is 127. The summed E-state index contributed by atoms with van der Waals surface area (Å²) in [6.07, 6.45) is 0. The molecule has 0 unspecified atom stereocenters. The molecule has 1 aromatic carbocycles. The first-order valence-electron chi connectivity index (χ1n) is 4.74. The second kappa shape index (κ2) is 4.44. The van der Waals surface area contributed by atoms with Gasteiger partial charge in [-0.2, -0.15) is 0 Å². The fourth-order valence-corrected chi connectivity index (χ4v) is 1.62. The van der Waals surface area contributed by atoms with Gasteiger partial charge in [0.1, 0.15) is 5.82 Å². The largest absolute Gasteiger partial charge is 0.505 e. The SMILES string of the molecule is Cc1nc(-c2ccc(O)c(F)c2)[nH]c(=O)c1I. The van der Waals surface area contributed by atoms with Crippen molar-refractivity contribution in [3.05, 3.63) is 43.6 Å². The number of aromatic amines is 1. The lowest BCUT2D eigenvalue weighted by molar-refractivity contribution is 0.432. The van der Waals surface area contributed by atoms with E-state index in [2.05, 4.69) is 9.97 Å². The number of rotatable bonds is 1. The Morgan fingerprint density at radius 3 is 2.76 bits per heavy atom. The van der Waals surface area contributed by atoms with Crippen LogP contribution >= 0.6 is 22.6 Å². The molecular formula is C11H8FIN2O2. The third kappa shape index (κ3) is 2.31. The summed E-state index contributed by atoms with van der Waals surface area (Å²) in [6, 6.07) is 3.83. The molecule has 0 aliphatic carbocycles. The van der Waals surface area contributed by atoms with Gasteiger partial charge in [0.25, 0.3) is 5.56 Å². The van der Waals surface area contributed by atoms with E-state index in [-0.39, 0.29) is 11.4 Å². The Labute approximate surface area is 110 Å². The van der Waals surface area contributed by atoms with Crippen LogP contribution in [0, 0.1) is 16.3 Å². The first kappa shape index (κ1) is 12.0. The maximum Gasteiger partial charge on any atom is 0.264 e. The normalized spacial score (nSPS) is 10.5. The maximum absolute atomic E-state index is 13.2. The number of nitrogens with zero attached hydrogens (tertiary/aromatic N) is 1. The van der Waals surface area contributed by atoms with Crippen LogP contribution in [0.25, 0.3) is 11.4 Å². The van der Waals surface area contributed by atoms with Gasteiger partial charge in [0.2, 0.25) is 0 Å². The Morgan fingerprint density at radius 1 is 1.47 bits per heavy atom. The first-order valence-corrected chi connectivity index (χ1v) is 5.82. The van der Waals surface area contributed by atoms with Crippen molar-refractivity contribution in [2.45, 2.75) is 6.92 Å². The van der Waals surface area contributed by atoms with Gasteiger partial charge < -0.3 is 10.1 Å². The van der Waals surface area contributed by atoms with E-state index in [4.69, 9.17) is 5.11 Å². The average Bonchev–Trinajstić information content (AvgIpc) is 2.29. The number of aromatic hydroxyl groups is 1. The zero-order valence-corrected chi connectivity index (χ0v) is 10.9. The van der Waals surface area contributed by atoms with E-state index in [9.17, 15) is 9.18 Å². The Balaban J connectivity index is 2.61. The molecule has 0 atom stereocenters. The number of benzene rings is 1. The van der Waals surface area contributed by atoms with Crippen molar-refractivity contribution in [3.8, 4) is 17.1 Å². The Kier molecular flexibility index (Phi) is 3.14. The summed E-state index contributed by atoms with van der Waals surface area (Å²) in [4.78, 5) is 18.3. The monoisotopic (exact) mass is 346 g/mol. The summed E-state index contributed by atoms with van der Waals surface area (Å²) in [5.74, 6) is -0.897. The molecule has 0 saturated carbocycles. The molecule has 0 aliphatic heterocycles. The lowest BCUT2D eigenvalue weighted by atomic mass is 10.2. The van der Waals surface area contributed by atoms with Crippen LogP contribution in [0.3, 0.4) is 0 Å². The van der Waals surface area contributed by atoms with Gasteiger partial charge in [0.05, 0.1) is 9.26 Å². The van der Waals surface area contributed by atoms with Crippen molar-refractivity contribution in [1.29, 1.82) is 0 Å². The molecule has 4 nitrogen and oxygen atoms in total. The van der Waals surface area contributed by atoms with Crippen molar-refractivity contribution in [3.63, 3.8) is 0 Å². The molecule has 0 radical (unpaired) electrons. The van der Waals surface area contributed by atoms with E-state index in [0.29, 0.717) is 14.8 Å². The van der Waals surface area contributed by atoms with E-state index < -0.39 is 11.6 Å². The maximum atomic E-state index is 13.2. The molecular weight excluding hydrogens is 338 g/mol. The molecule has 17 heavy (non-hydrogen) atoms. The summed E-state index contributed by atoms with van der Waals surface area (Å²) >= 11 is 1.90. The predicted molar refractivity (Wildman–Crippen MR) is 69.4 cm³/mol. The van der Waals surface area contributed by atoms with Crippen molar-refractivity contribution in [2.24, 2.45) is 0 Å². The molecule has 0 saturated heterocycles. The number of phenolic OH excluding ortho intramolecular Hbond substituents is 1. The number of nitrogens with one attached hydrogen (secondary N) is 1. The zero-order valence-electron chi connectivity index (χ0n) is 8.79. The third-order valence-corrected chi connectivity index (χ3v) is 3.52. The van der Waals surface area contributed by atoms with Gasteiger partial charge in [-0.25, -0.2) is 9.37 Å².